The SMILES string of the molecule is Cn1cc(-c2ccccc2)c2ccc(C(=O)[C@@H]3C(=O)c4cc(-c5nnn[nH]5)ccc4OC34CCNCC4)cc21. The van der Waals surface area contributed by atoms with Gasteiger partial charge < -0.3 is 14.6 Å². The van der Waals surface area contributed by atoms with Crippen molar-refractivity contribution in [2.75, 3.05) is 13.1 Å². The number of carbonyl (C=O) groups is 2. The second kappa shape index (κ2) is 8.99. The van der Waals surface area contributed by atoms with Gasteiger partial charge in [-0.1, -0.05) is 42.5 Å². The van der Waals surface area contributed by atoms with Crippen LogP contribution in [0.1, 0.15) is 33.6 Å². The van der Waals surface area contributed by atoms with Crippen molar-refractivity contribution in [3.63, 3.8) is 0 Å². The summed E-state index contributed by atoms with van der Waals surface area (Å²) in [7, 11) is 1.97. The number of benzene rings is 3. The first-order chi connectivity index (χ1) is 19.0. The van der Waals surface area contributed by atoms with Crippen molar-refractivity contribution >= 4 is 22.5 Å². The minimum Gasteiger partial charge on any atom is -0.485 e. The van der Waals surface area contributed by atoms with Gasteiger partial charge in [-0.2, -0.15) is 0 Å². The number of hydrogen-bond acceptors (Lipinski definition) is 7. The maximum atomic E-state index is 14.3. The average Bonchev–Trinajstić information content (AvgIpc) is 3.62. The van der Waals surface area contributed by atoms with Gasteiger partial charge in [0.15, 0.2) is 17.4 Å². The zero-order valence-electron chi connectivity index (χ0n) is 21.3. The van der Waals surface area contributed by atoms with Crippen molar-refractivity contribution < 1.29 is 14.3 Å². The molecular weight excluding hydrogens is 492 g/mol. The number of aromatic nitrogens is 5. The van der Waals surface area contributed by atoms with Crippen LogP contribution in [0.3, 0.4) is 0 Å². The number of fused-ring (bicyclic) bond motifs is 2. The number of hydrogen-bond donors (Lipinski definition) is 2. The Kier molecular flexibility index (Phi) is 5.41. The maximum Gasteiger partial charge on any atom is 0.181 e. The third-order valence-corrected chi connectivity index (χ3v) is 8.04. The molecule has 9 nitrogen and oxygen atoms in total. The van der Waals surface area contributed by atoms with Gasteiger partial charge in [0, 0.05) is 53.7 Å². The molecule has 1 spiro atoms. The molecule has 0 radical (unpaired) electrons. The summed E-state index contributed by atoms with van der Waals surface area (Å²) in [6.07, 6.45) is 3.20. The molecule has 0 amide bonds. The first kappa shape index (κ1) is 23.5. The van der Waals surface area contributed by atoms with E-state index in [4.69, 9.17) is 4.74 Å². The van der Waals surface area contributed by atoms with Crippen molar-refractivity contribution in [3.05, 3.63) is 84.1 Å². The van der Waals surface area contributed by atoms with Crippen LogP contribution in [0.2, 0.25) is 0 Å². The monoisotopic (exact) mass is 518 g/mol. The molecule has 1 fully saturated rings. The highest BCUT2D eigenvalue weighted by Crippen LogP contribution is 2.44. The minimum atomic E-state index is -0.957. The van der Waals surface area contributed by atoms with E-state index in [1.807, 2.05) is 54.1 Å². The fourth-order valence-electron chi connectivity index (χ4n) is 6.06. The first-order valence-corrected chi connectivity index (χ1v) is 13.0. The number of tetrazole rings is 1. The number of Topliss-reactive ketones (excluding diaryl/α,β-unsaturated/α-hetero) is 2. The molecular formula is C30H26N6O3. The molecule has 2 aliphatic heterocycles. The number of rotatable bonds is 4. The molecule has 194 valence electrons. The Labute approximate surface area is 224 Å². The van der Waals surface area contributed by atoms with E-state index in [9.17, 15) is 9.59 Å². The van der Waals surface area contributed by atoms with Gasteiger partial charge in [0.25, 0.3) is 0 Å². The van der Waals surface area contributed by atoms with E-state index < -0.39 is 11.5 Å². The summed E-state index contributed by atoms with van der Waals surface area (Å²) < 4.78 is 8.61. The third-order valence-electron chi connectivity index (χ3n) is 8.04. The Hall–Kier alpha value is -4.63. The summed E-state index contributed by atoms with van der Waals surface area (Å²) in [6.45, 7) is 1.34. The smallest absolute Gasteiger partial charge is 0.181 e. The summed E-state index contributed by atoms with van der Waals surface area (Å²) in [5.74, 6) is -0.467. The van der Waals surface area contributed by atoms with Crippen LogP contribution in [0.15, 0.2) is 72.9 Å². The Morgan fingerprint density at radius 3 is 2.59 bits per heavy atom. The zero-order chi connectivity index (χ0) is 26.6. The van der Waals surface area contributed by atoms with Crippen molar-refractivity contribution in [2.24, 2.45) is 13.0 Å². The van der Waals surface area contributed by atoms with Gasteiger partial charge in [-0.15, -0.1) is 5.10 Å². The van der Waals surface area contributed by atoms with Gasteiger partial charge in [-0.05, 0) is 53.3 Å². The van der Waals surface area contributed by atoms with Crippen molar-refractivity contribution in [2.45, 2.75) is 18.4 Å². The fourth-order valence-corrected chi connectivity index (χ4v) is 6.06. The van der Waals surface area contributed by atoms with Gasteiger partial charge in [-0.25, -0.2) is 5.10 Å². The van der Waals surface area contributed by atoms with E-state index in [1.165, 1.54) is 0 Å². The van der Waals surface area contributed by atoms with E-state index in [2.05, 4.69) is 44.3 Å². The molecule has 0 bridgehead atoms. The van der Waals surface area contributed by atoms with E-state index in [1.54, 1.807) is 12.1 Å². The molecule has 4 heterocycles. The molecule has 2 aliphatic rings. The van der Waals surface area contributed by atoms with Gasteiger partial charge in [0.1, 0.15) is 17.3 Å². The highest BCUT2D eigenvalue weighted by molar-refractivity contribution is 6.19. The number of H-pyrrole nitrogens is 1. The quantitative estimate of drug-likeness (QED) is 0.270. The molecule has 3 aromatic carbocycles. The number of piperidine rings is 1. The molecule has 9 heteroatoms. The Morgan fingerprint density at radius 1 is 1.00 bits per heavy atom. The van der Waals surface area contributed by atoms with E-state index in [0.717, 1.165) is 22.0 Å². The normalized spacial score (nSPS) is 18.2. The molecule has 2 N–H and O–H groups in total. The van der Waals surface area contributed by atoms with Crippen LogP contribution < -0.4 is 10.1 Å². The Morgan fingerprint density at radius 2 is 1.82 bits per heavy atom. The van der Waals surface area contributed by atoms with Crippen LogP contribution in [0, 0.1) is 5.92 Å². The largest absolute Gasteiger partial charge is 0.485 e. The Balaban J connectivity index is 1.31. The predicted molar refractivity (Wildman–Crippen MR) is 146 cm³/mol. The topological polar surface area (TPSA) is 115 Å². The molecule has 2 aromatic heterocycles. The van der Waals surface area contributed by atoms with Gasteiger partial charge >= 0.3 is 0 Å². The van der Waals surface area contributed by atoms with Crippen LogP contribution in [-0.2, 0) is 7.05 Å². The lowest BCUT2D eigenvalue weighted by Gasteiger charge is -2.45. The summed E-state index contributed by atoms with van der Waals surface area (Å²) in [4.78, 5) is 28.4. The summed E-state index contributed by atoms with van der Waals surface area (Å²) in [5.41, 5.74) is 3.77. The standard InChI is InChI=1S/C30H26N6O3/c1-36-17-23(18-5-3-2-4-6-18)21-9-7-19(16-24(21)36)27(37)26-28(38)22-15-20(29-32-34-35-33-29)8-10-25(22)39-30(26)11-13-31-14-12-30/h2-10,15-17,26,31H,11-14H2,1H3,(H,32,33,34,35)/t26-/m1/s1. The number of aryl methyl sites for hydroxylation is 1. The van der Waals surface area contributed by atoms with Crippen LogP contribution in [-0.4, -0.2) is 55.4 Å². The number of ether oxygens (including phenoxy) is 1. The average molecular weight is 519 g/mol. The van der Waals surface area contributed by atoms with Gasteiger partial charge in [0.2, 0.25) is 0 Å². The molecule has 1 saturated heterocycles. The number of carbonyl (C=O) groups excluding carboxylic acids is 2. The highest BCUT2D eigenvalue weighted by atomic mass is 16.5. The molecule has 0 unspecified atom stereocenters. The predicted octanol–water partition coefficient (Wildman–Crippen LogP) is 4.22. The van der Waals surface area contributed by atoms with Crippen molar-refractivity contribution in [1.82, 2.24) is 30.5 Å². The molecule has 1 atom stereocenters. The lowest BCUT2D eigenvalue weighted by atomic mass is 9.70. The summed E-state index contributed by atoms with van der Waals surface area (Å²) in [6, 6.07) is 21.2. The number of aromatic amines is 1. The van der Waals surface area contributed by atoms with E-state index in [-0.39, 0.29) is 11.6 Å². The van der Waals surface area contributed by atoms with E-state index in [0.29, 0.717) is 54.2 Å². The molecule has 39 heavy (non-hydrogen) atoms. The zero-order valence-corrected chi connectivity index (χ0v) is 21.3. The van der Waals surface area contributed by atoms with Gasteiger partial charge in [-0.3, -0.25) is 9.59 Å². The second-order valence-corrected chi connectivity index (χ2v) is 10.3. The molecule has 7 rings (SSSR count). The van der Waals surface area contributed by atoms with Crippen LogP contribution >= 0.6 is 0 Å². The summed E-state index contributed by atoms with van der Waals surface area (Å²) in [5, 5.41) is 18.3. The van der Waals surface area contributed by atoms with Crippen molar-refractivity contribution in [3.8, 4) is 28.3 Å². The van der Waals surface area contributed by atoms with E-state index >= 15 is 0 Å². The highest BCUT2D eigenvalue weighted by Gasteiger charge is 2.53. The summed E-state index contributed by atoms with van der Waals surface area (Å²) >= 11 is 0. The lowest BCUT2D eigenvalue weighted by molar-refractivity contribution is -0.0138. The molecule has 0 aliphatic carbocycles. The number of ketones is 2. The minimum absolute atomic E-state index is 0.219. The fraction of sp³-hybridized carbons (Fsp3) is 0.233. The van der Waals surface area contributed by atoms with Crippen LogP contribution in [0.5, 0.6) is 5.75 Å². The van der Waals surface area contributed by atoms with Crippen molar-refractivity contribution in [1.29, 1.82) is 0 Å². The lowest BCUT2D eigenvalue weighted by Crippen LogP contribution is -2.58. The Bertz CT molecular complexity index is 1720. The number of nitrogens with one attached hydrogen (secondary N) is 2. The number of nitrogens with zero attached hydrogens (tertiary/aromatic N) is 4. The van der Waals surface area contributed by atoms with Crippen LogP contribution in [0.4, 0.5) is 0 Å². The molecule has 5 aromatic rings. The van der Waals surface area contributed by atoms with Crippen LogP contribution in [0.25, 0.3) is 33.4 Å². The van der Waals surface area contributed by atoms with Gasteiger partial charge in [0.05, 0.1) is 5.56 Å². The molecule has 0 saturated carbocycles. The maximum absolute atomic E-state index is 14.3. The second-order valence-electron chi connectivity index (χ2n) is 10.3. The third kappa shape index (κ3) is 3.77. The first-order valence-electron chi connectivity index (χ1n) is 13.0.